The molecule has 2 heterocycles. The van der Waals surface area contributed by atoms with Crippen molar-refractivity contribution < 1.29 is 29.5 Å². The first-order valence-corrected chi connectivity index (χ1v) is 15.4. The monoisotopic (exact) mass is 652 g/mol. The number of nitro groups is 1. The molecule has 0 bridgehead atoms. The van der Waals surface area contributed by atoms with Gasteiger partial charge >= 0.3 is 0 Å². The minimum atomic E-state index is -2.17. The highest BCUT2D eigenvalue weighted by atomic mass is 16.6. The van der Waals surface area contributed by atoms with Crippen LogP contribution in [0.3, 0.4) is 0 Å². The van der Waals surface area contributed by atoms with Crippen LogP contribution in [0.25, 0.3) is 5.69 Å². The second kappa shape index (κ2) is 14.4. The Kier molecular flexibility index (Phi) is 10.2. The SMILES string of the molecule is COc1cccn(-c2cccc(CN3C(=O)[C@@](O)([C@@H](C)/C=C/CC(=O)N(CCO)Cc4ccccc4)c4cc([N+](=O)[O-])ccc43)c2)c1=O. The number of pyridine rings is 1. The zero-order valence-corrected chi connectivity index (χ0v) is 26.6. The number of amides is 2. The molecule has 2 N–H and O–H groups in total. The van der Waals surface area contributed by atoms with Gasteiger partial charge in [-0.25, -0.2) is 0 Å². The Bertz CT molecular complexity index is 1910. The summed E-state index contributed by atoms with van der Waals surface area (Å²) in [6.07, 6.45) is 4.66. The van der Waals surface area contributed by atoms with Crippen molar-refractivity contribution in [3.8, 4) is 11.4 Å². The number of aliphatic hydroxyl groups excluding tert-OH is 1. The van der Waals surface area contributed by atoms with Gasteiger partial charge in [0.15, 0.2) is 11.4 Å². The maximum Gasteiger partial charge on any atom is 0.297 e. The Hall–Kier alpha value is -5.59. The molecule has 248 valence electrons. The minimum absolute atomic E-state index is 0.00302. The minimum Gasteiger partial charge on any atom is -0.491 e. The summed E-state index contributed by atoms with van der Waals surface area (Å²) < 4.78 is 6.57. The number of fused-ring (bicyclic) bond motifs is 1. The summed E-state index contributed by atoms with van der Waals surface area (Å²) in [5.41, 5.74) is -0.348. The lowest BCUT2D eigenvalue weighted by Crippen LogP contribution is -2.44. The molecular formula is C36H36N4O8. The number of non-ortho nitro benzene ring substituents is 1. The van der Waals surface area contributed by atoms with E-state index >= 15 is 0 Å². The highest BCUT2D eigenvalue weighted by Crippen LogP contribution is 2.47. The highest BCUT2D eigenvalue weighted by molar-refractivity contribution is 6.07. The first-order valence-electron chi connectivity index (χ1n) is 15.4. The number of aliphatic hydroxyl groups is 2. The molecule has 2 amide bonds. The van der Waals surface area contributed by atoms with E-state index in [1.54, 1.807) is 61.7 Å². The first kappa shape index (κ1) is 33.8. The van der Waals surface area contributed by atoms with Gasteiger partial charge in [0.2, 0.25) is 5.91 Å². The molecule has 0 fully saturated rings. The molecule has 0 unspecified atom stereocenters. The lowest BCUT2D eigenvalue weighted by Gasteiger charge is -2.28. The molecule has 1 aliphatic heterocycles. The van der Waals surface area contributed by atoms with E-state index in [0.717, 1.165) is 5.56 Å². The molecule has 12 nitrogen and oxygen atoms in total. The van der Waals surface area contributed by atoms with Crippen molar-refractivity contribution in [3.63, 3.8) is 0 Å². The van der Waals surface area contributed by atoms with Crippen molar-refractivity contribution in [2.45, 2.75) is 32.0 Å². The number of nitrogens with zero attached hydrogens (tertiary/aromatic N) is 4. The number of benzene rings is 3. The van der Waals surface area contributed by atoms with E-state index in [9.17, 15) is 34.7 Å². The molecule has 3 aromatic carbocycles. The number of carbonyl (C=O) groups is 2. The van der Waals surface area contributed by atoms with Crippen molar-refractivity contribution in [2.75, 3.05) is 25.2 Å². The van der Waals surface area contributed by atoms with Crippen LogP contribution in [0.4, 0.5) is 11.4 Å². The molecule has 48 heavy (non-hydrogen) atoms. The number of methoxy groups -OCH3 is 1. The summed E-state index contributed by atoms with van der Waals surface area (Å²) in [5, 5.41) is 33.3. The molecule has 5 rings (SSSR count). The van der Waals surface area contributed by atoms with E-state index in [2.05, 4.69) is 0 Å². The fourth-order valence-electron chi connectivity index (χ4n) is 5.88. The van der Waals surface area contributed by atoms with Gasteiger partial charge in [-0.1, -0.05) is 61.5 Å². The molecule has 0 spiro atoms. The molecule has 0 saturated carbocycles. The van der Waals surface area contributed by atoms with E-state index < -0.39 is 22.3 Å². The topological polar surface area (TPSA) is 155 Å². The van der Waals surface area contributed by atoms with Gasteiger partial charge in [0.25, 0.3) is 17.2 Å². The van der Waals surface area contributed by atoms with Crippen LogP contribution in [0, 0.1) is 16.0 Å². The molecular weight excluding hydrogens is 616 g/mol. The Morgan fingerprint density at radius 3 is 2.50 bits per heavy atom. The number of nitro benzene ring substituents is 1. The van der Waals surface area contributed by atoms with Crippen LogP contribution in [0.2, 0.25) is 0 Å². The zero-order valence-electron chi connectivity index (χ0n) is 26.6. The number of aromatic nitrogens is 1. The van der Waals surface area contributed by atoms with Gasteiger partial charge in [0.1, 0.15) is 0 Å². The van der Waals surface area contributed by atoms with Crippen LogP contribution in [0.1, 0.15) is 30.0 Å². The fraction of sp³-hybridized carbons (Fsp3) is 0.250. The Morgan fingerprint density at radius 1 is 1.04 bits per heavy atom. The predicted octanol–water partition coefficient (Wildman–Crippen LogP) is 4.09. The maximum atomic E-state index is 14.1. The molecule has 1 aromatic heterocycles. The van der Waals surface area contributed by atoms with Crippen molar-refractivity contribution in [3.05, 3.63) is 140 Å². The summed E-state index contributed by atoms with van der Waals surface area (Å²) in [6.45, 7) is 1.85. The molecule has 1 aliphatic rings. The molecule has 4 aromatic rings. The lowest BCUT2D eigenvalue weighted by molar-refractivity contribution is -0.385. The number of anilines is 1. The highest BCUT2D eigenvalue weighted by Gasteiger charge is 2.53. The van der Waals surface area contributed by atoms with E-state index in [0.29, 0.717) is 23.5 Å². The summed E-state index contributed by atoms with van der Waals surface area (Å²) in [6, 6.07) is 23.5. The van der Waals surface area contributed by atoms with Crippen LogP contribution < -0.4 is 15.2 Å². The summed E-state index contributed by atoms with van der Waals surface area (Å²) in [4.78, 5) is 54.0. The third-order valence-electron chi connectivity index (χ3n) is 8.44. The Labute approximate surface area is 276 Å². The van der Waals surface area contributed by atoms with Gasteiger partial charge in [-0.3, -0.25) is 29.1 Å². The van der Waals surface area contributed by atoms with Crippen molar-refractivity contribution in [1.82, 2.24) is 9.47 Å². The third kappa shape index (κ3) is 6.75. The number of rotatable bonds is 13. The molecule has 0 radical (unpaired) electrons. The van der Waals surface area contributed by atoms with Crippen LogP contribution in [0.5, 0.6) is 5.75 Å². The van der Waals surface area contributed by atoms with Gasteiger partial charge in [0, 0.05) is 55.0 Å². The van der Waals surface area contributed by atoms with Crippen molar-refractivity contribution >= 4 is 23.2 Å². The Morgan fingerprint density at radius 2 is 1.79 bits per heavy atom. The number of hydrogen-bond acceptors (Lipinski definition) is 8. The van der Waals surface area contributed by atoms with Gasteiger partial charge in [-0.2, -0.15) is 0 Å². The number of ether oxygens (including phenoxy) is 1. The van der Waals surface area contributed by atoms with Crippen LogP contribution in [-0.4, -0.2) is 56.7 Å². The smallest absolute Gasteiger partial charge is 0.297 e. The summed E-state index contributed by atoms with van der Waals surface area (Å²) in [7, 11) is 1.41. The third-order valence-corrected chi connectivity index (χ3v) is 8.44. The van der Waals surface area contributed by atoms with Gasteiger partial charge in [-0.15, -0.1) is 0 Å². The summed E-state index contributed by atoms with van der Waals surface area (Å²) in [5.74, 6) is -1.66. The average Bonchev–Trinajstić information content (AvgIpc) is 3.30. The van der Waals surface area contributed by atoms with Crippen LogP contribution in [0.15, 0.2) is 108 Å². The Balaban J connectivity index is 1.41. The molecule has 2 atom stereocenters. The number of carbonyl (C=O) groups excluding carboxylic acids is 2. The molecule has 12 heteroatoms. The lowest BCUT2D eigenvalue weighted by atomic mass is 9.82. The van der Waals surface area contributed by atoms with E-state index in [1.165, 1.54) is 39.7 Å². The van der Waals surface area contributed by atoms with Crippen molar-refractivity contribution in [2.24, 2.45) is 5.92 Å². The van der Waals surface area contributed by atoms with Crippen LogP contribution >= 0.6 is 0 Å². The first-order chi connectivity index (χ1) is 23.1. The van der Waals surface area contributed by atoms with Gasteiger partial charge < -0.3 is 24.7 Å². The van der Waals surface area contributed by atoms with Crippen molar-refractivity contribution in [1.29, 1.82) is 0 Å². The fourth-order valence-corrected chi connectivity index (χ4v) is 5.88. The molecule has 0 saturated heterocycles. The second-order valence-electron chi connectivity index (χ2n) is 11.5. The van der Waals surface area contributed by atoms with Gasteiger partial charge in [0.05, 0.1) is 30.9 Å². The molecule has 0 aliphatic carbocycles. The average molecular weight is 653 g/mol. The quantitative estimate of drug-likeness (QED) is 0.124. The summed E-state index contributed by atoms with van der Waals surface area (Å²) >= 11 is 0. The zero-order chi connectivity index (χ0) is 34.4. The standard InChI is InChI=1S/C36H36N4O8/c1-25(9-6-15-33(42)37(19-20-41)23-26-10-4-3-5-11-26)36(45)30-22-29(40(46)47)16-17-31(30)39(35(36)44)24-27-12-7-13-28(21-27)38-18-8-14-32(48-2)34(38)43/h3-14,16-18,21-22,25,41,45H,15,19-20,23-24H2,1-2H3/b9-6+/t25-,36+/m0/s1. The van der Waals surface area contributed by atoms with E-state index in [1.807, 2.05) is 30.3 Å². The van der Waals surface area contributed by atoms with Gasteiger partial charge in [-0.05, 0) is 41.5 Å². The van der Waals surface area contributed by atoms with E-state index in [4.69, 9.17) is 4.74 Å². The largest absolute Gasteiger partial charge is 0.491 e. The number of hydrogen-bond donors (Lipinski definition) is 2. The normalized spacial score (nSPS) is 16.2. The second-order valence-corrected chi connectivity index (χ2v) is 11.5. The maximum absolute atomic E-state index is 14.1. The predicted molar refractivity (Wildman–Crippen MR) is 179 cm³/mol. The van der Waals surface area contributed by atoms with E-state index in [-0.39, 0.29) is 54.6 Å². The van der Waals surface area contributed by atoms with Crippen LogP contribution in [-0.2, 0) is 28.3 Å².